The van der Waals surface area contributed by atoms with E-state index in [2.05, 4.69) is 359 Å². The molecule has 0 atom stereocenters. The third kappa shape index (κ3) is 10.8. The minimum absolute atomic E-state index is 0.0773. The zero-order chi connectivity index (χ0) is 65.6. The van der Waals surface area contributed by atoms with Crippen molar-refractivity contribution in [1.82, 2.24) is 4.57 Å². The van der Waals surface area contributed by atoms with Gasteiger partial charge in [0.2, 0.25) is 0 Å². The molecule has 1 aromatic heterocycles. The van der Waals surface area contributed by atoms with E-state index in [0.29, 0.717) is 0 Å². The fourth-order valence-electron chi connectivity index (χ4n) is 14.7. The van der Waals surface area contributed by atoms with Crippen molar-refractivity contribution in [3.63, 3.8) is 0 Å². The third-order valence-corrected chi connectivity index (χ3v) is 20.3. The van der Waals surface area contributed by atoms with Crippen molar-refractivity contribution in [1.29, 1.82) is 0 Å². The summed E-state index contributed by atoms with van der Waals surface area (Å²) in [6.07, 6.45) is 0. The summed E-state index contributed by atoms with van der Waals surface area (Å²) >= 11 is 0. The highest BCUT2D eigenvalue weighted by Gasteiger charge is 2.44. The van der Waals surface area contributed by atoms with Crippen LogP contribution in [0.5, 0.6) is 0 Å². The number of hydrogen-bond donors (Lipinski definition) is 0. The van der Waals surface area contributed by atoms with E-state index in [0.717, 1.165) is 5.52 Å². The van der Waals surface area contributed by atoms with Crippen molar-refractivity contribution >= 4 is 83.5 Å². The average molecular weight is 1210 g/mol. The Morgan fingerprint density at radius 1 is 0.258 bits per heavy atom. The number of aromatic nitrogens is 1. The van der Waals surface area contributed by atoms with Crippen molar-refractivity contribution in [2.45, 2.75) is 157 Å². The van der Waals surface area contributed by atoms with E-state index < -0.39 is 0 Å². The van der Waals surface area contributed by atoms with Crippen LogP contribution in [-0.2, 0) is 32.5 Å². The molecule has 3 heterocycles. The minimum Gasteiger partial charge on any atom is -0.310 e. The van der Waals surface area contributed by atoms with Gasteiger partial charge in [-0.05, 0) is 180 Å². The molecular weight excluding hydrogens is 1120 g/mol. The van der Waals surface area contributed by atoms with E-state index >= 15 is 0 Å². The Morgan fingerprint density at radius 2 is 0.634 bits per heavy atom. The molecule has 0 radical (unpaired) electrons. The Kier molecular flexibility index (Phi) is 14.5. The second-order valence-corrected chi connectivity index (χ2v) is 33.1. The number of anilines is 3. The highest BCUT2D eigenvalue weighted by Crippen LogP contribution is 2.52. The molecule has 93 heavy (non-hydrogen) atoms. The van der Waals surface area contributed by atoms with Gasteiger partial charge in [0.05, 0.1) is 11.2 Å². The Morgan fingerprint density at radius 3 is 1.11 bits per heavy atom. The van der Waals surface area contributed by atoms with Gasteiger partial charge in [0, 0.05) is 44.5 Å². The van der Waals surface area contributed by atoms with E-state index in [1.807, 2.05) is 0 Å². The molecule has 464 valence electrons. The second kappa shape index (κ2) is 21.8. The van der Waals surface area contributed by atoms with Crippen LogP contribution in [0.3, 0.4) is 0 Å². The first kappa shape index (κ1) is 61.6. The molecule has 0 N–H and O–H groups in total. The van der Waals surface area contributed by atoms with Gasteiger partial charge in [0.25, 0.3) is 6.71 Å². The summed E-state index contributed by atoms with van der Waals surface area (Å²) in [5.74, 6) is 0. The molecular formula is C90H91BN2. The molecule has 0 unspecified atom stereocenters. The fraction of sp³-hybridized carbons (Fsp3) is 0.267. The summed E-state index contributed by atoms with van der Waals surface area (Å²) in [7, 11) is 0. The van der Waals surface area contributed by atoms with Crippen molar-refractivity contribution < 1.29 is 0 Å². The van der Waals surface area contributed by atoms with Gasteiger partial charge in [-0.1, -0.05) is 307 Å². The summed E-state index contributed by atoms with van der Waals surface area (Å²) < 4.78 is 2.72. The predicted octanol–water partition coefficient (Wildman–Crippen LogP) is 23.3. The van der Waals surface area contributed by atoms with Gasteiger partial charge >= 0.3 is 0 Å². The van der Waals surface area contributed by atoms with E-state index in [-0.39, 0.29) is 39.2 Å². The van der Waals surface area contributed by atoms with Gasteiger partial charge in [-0.3, -0.25) is 0 Å². The summed E-state index contributed by atoms with van der Waals surface area (Å²) in [6, 6.07) is 88.1. The molecule has 2 nitrogen and oxygen atoms in total. The van der Waals surface area contributed by atoms with Gasteiger partial charge in [-0.15, -0.1) is 0 Å². The van der Waals surface area contributed by atoms with Gasteiger partial charge in [0.1, 0.15) is 0 Å². The number of para-hydroxylation sites is 1. The lowest BCUT2D eigenvalue weighted by molar-refractivity contribution is 0.568. The van der Waals surface area contributed by atoms with Crippen LogP contribution in [0.4, 0.5) is 17.1 Å². The molecule has 14 rings (SSSR count). The zero-order valence-corrected chi connectivity index (χ0v) is 58.3. The lowest BCUT2D eigenvalue weighted by Crippen LogP contribution is -2.60. The Labute approximate surface area is 554 Å². The van der Waals surface area contributed by atoms with Crippen molar-refractivity contribution in [2.24, 2.45) is 0 Å². The van der Waals surface area contributed by atoms with Crippen LogP contribution >= 0.6 is 0 Å². The maximum Gasteiger partial charge on any atom is 0.252 e. The Balaban J connectivity index is 1.25. The third-order valence-electron chi connectivity index (χ3n) is 20.3. The lowest BCUT2D eigenvalue weighted by atomic mass is 9.33. The van der Waals surface area contributed by atoms with Crippen LogP contribution < -0.4 is 21.3 Å². The molecule has 11 aromatic carbocycles. The van der Waals surface area contributed by atoms with Gasteiger partial charge in [-0.25, -0.2) is 0 Å². The molecule has 0 bridgehead atoms. The standard InChI is InChI=1S/C90H91BN2/c1-85(2,3)62-43-59(44-63(50-62)86(4,5)6)58-41-42-76-79(49-58)93(83-73(56-31-21-19-22-32-56)52-66(89(13,14)15)53-74(83)57-33-23-20-24-34-57)81-55-67(90(16,17)18)54-80-82(81)91(76)77-48-61(60-45-64(87(7,8)9)51-65(46-60)88(10,11)12)47-75-71-38-28-26-36-69(71)68-35-25-27-37-70(68)72-39-29-30-40-78(72)92(80)84(75)77/h19-55H,1-18H3. The Hall–Kier alpha value is -8.92. The maximum absolute atomic E-state index is 2.75. The number of hydrogen-bond acceptors (Lipinski definition) is 1. The first-order valence-corrected chi connectivity index (χ1v) is 33.9. The number of benzene rings is 11. The second-order valence-electron chi connectivity index (χ2n) is 33.1. The van der Waals surface area contributed by atoms with Crippen LogP contribution in [0.1, 0.15) is 158 Å². The van der Waals surface area contributed by atoms with Crippen LogP contribution in [0.2, 0.25) is 0 Å². The molecule has 12 aromatic rings. The van der Waals surface area contributed by atoms with Crippen molar-refractivity contribution in [3.05, 3.63) is 258 Å². The molecule has 0 saturated carbocycles. The predicted molar refractivity (Wildman–Crippen MR) is 407 cm³/mol. The Bertz CT molecular complexity index is 4940. The lowest BCUT2D eigenvalue weighted by Gasteiger charge is -2.43. The SMILES string of the molecule is CC(C)(C)c1cc(-c2ccc3c(c2)N(c2c(-c4ccccc4)cc(C(C)(C)C)cc2-c2ccccc2)c2cc(C(C)(C)C)cc4c2B3c2cc(-c3cc(C(C)(C)C)cc(C(C)(C)C)c3)cc3c5ccccc5c5ccccc5c5ccccc5n-4c23)cc(C(C)(C)C)c1. The summed E-state index contributed by atoms with van der Waals surface area (Å²) in [4.78, 5) is 2.75. The van der Waals surface area contributed by atoms with Crippen LogP contribution in [0.15, 0.2) is 224 Å². The maximum atomic E-state index is 2.75. The fourth-order valence-corrected chi connectivity index (χ4v) is 14.7. The van der Waals surface area contributed by atoms with Gasteiger partial charge < -0.3 is 9.47 Å². The van der Waals surface area contributed by atoms with Crippen LogP contribution in [-0.4, -0.2) is 11.3 Å². The summed E-state index contributed by atoms with van der Waals surface area (Å²) in [5.41, 5.74) is 27.9. The normalized spacial score (nSPS) is 13.4. The zero-order valence-electron chi connectivity index (χ0n) is 58.3. The number of rotatable bonds is 5. The minimum atomic E-state index is -0.264. The highest BCUT2D eigenvalue weighted by molar-refractivity contribution is 7.00. The average Bonchev–Trinajstić information content (AvgIpc) is 1.32. The van der Waals surface area contributed by atoms with Gasteiger partial charge in [0.15, 0.2) is 0 Å². The molecule has 2 aliphatic heterocycles. The first-order chi connectivity index (χ1) is 43.9. The largest absolute Gasteiger partial charge is 0.310 e. The van der Waals surface area contributed by atoms with E-state index in [1.54, 1.807) is 0 Å². The van der Waals surface area contributed by atoms with E-state index in [4.69, 9.17) is 0 Å². The molecule has 2 aliphatic rings. The van der Waals surface area contributed by atoms with E-state index in [9.17, 15) is 0 Å². The molecule has 0 fully saturated rings. The number of fused-ring (bicyclic) bond motifs is 11. The highest BCUT2D eigenvalue weighted by atomic mass is 15.2. The molecule has 0 aliphatic carbocycles. The summed E-state index contributed by atoms with van der Waals surface area (Å²) in [5, 5.41) is 7.32. The summed E-state index contributed by atoms with van der Waals surface area (Å²) in [6.45, 7) is 42.5. The molecule has 3 heteroatoms. The topological polar surface area (TPSA) is 8.17 Å². The smallest absolute Gasteiger partial charge is 0.252 e. The van der Waals surface area contributed by atoms with E-state index in [1.165, 1.54) is 155 Å². The van der Waals surface area contributed by atoms with Crippen LogP contribution in [0.25, 0.3) is 93.5 Å². The first-order valence-electron chi connectivity index (χ1n) is 33.9. The molecule has 0 saturated heterocycles. The van der Waals surface area contributed by atoms with Crippen molar-refractivity contribution in [3.8, 4) is 50.2 Å². The van der Waals surface area contributed by atoms with Gasteiger partial charge in [-0.2, -0.15) is 0 Å². The quantitative estimate of drug-likeness (QED) is 0.156. The van der Waals surface area contributed by atoms with Crippen molar-refractivity contribution in [2.75, 3.05) is 4.90 Å². The van der Waals surface area contributed by atoms with Crippen LogP contribution in [0, 0.1) is 0 Å². The molecule has 0 amide bonds. The number of nitrogens with zero attached hydrogens (tertiary/aromatic N) is 2. The molecule has 0 spiro atoms. The monoisotopic (exact) mass is 1210 g/mol.